The largest absolute Gasteiger partial charge is 0.379 e. The van der Waals surface area contributed by atoms with Gasteiger partial charge in [-0.05, 0) is 18.6 Å². The SMILES string of the molecule is CCC(CSc1ccccc1)NN1CCOCC1. The number of thioether (sulfide) groups is 1. The smallest absolute Gasteiger partial charge is 0.0608 e. The molecule has 1 N–H and O–H groups in total. The standard InChI is InChI=1S/C14H22N2OS/c1-2-13(15-16-8-10-17-11-9-16)12-18-14-6-4-3-5-7-14/h3-7,13,15H,2,8-12H2,1H3. The predicted octanol–water partition coefficient (Wildman–Crippen LogP) is 2.39. The van der Waals surface area contributed by atoms with Gasteiger partial charge in [0.25, 0.3) is 0 Å². The van der Waals surface area contributed by atoms with Gasteiger partial charge in [-0.15, -0.1) is 11.8 Å². The zero-order valence-corrected chi connectivity index (χ0v) is 11.8. The molecule has 1 aliphatic rings. The molecule has 0 amide bonds. The molecule has 1 unspecified atom stereocenters. The Labute approximate surface area is 114 Å². The summed E-state index contributed by atoms with van der Waals surface area (Å²) < 4.78 is 5.36. The van der Waals surface area contributed by atoms with Crippen molar-refractivity contribution in [2.24, 2.45) is 0 Å². The van der Waals surface area contributed by atoms with Crippen LogP contribution in [0.5, 0.6) is 0 Å². The molecule has 0 spiro atoms. The number of hydrogen-bond donors (Lipinski definition) is 1. The van der Waals surface area contributed by atoms with E-state index in [4.69, 9.17) is 4.74 Å². The van der Waals surface area contributed by atoms with E-state index in [9.17, 15) is 0 Å². The van der Waals surface area contributed by atoms with E-state index in [0.29, 0.717) is 6.04 Å². The summed E-state index contributed by atoms with van der Waals surface area (Å²) in [5.41, 5.74) is 3.61. The van der Waals surface area contributed by atoms with Crippen molar-refractivity contribution in [3.63, 3.8) is 0 Å². The van der Waals surface area contributed by atoms with Gasteiger partial charge in [0.05, 0.1) is 13.2 Å². The zero-order valence-electron chi connectivity index (χ0n) is 11.0. The molecule has 0 bridgehead atoms. The lowest BCUT2D eigenvalue weighted by atomic mass is 10.3. The second kappa shape index (κ2) is 7.79. The second-order valence-corrected chi connectivity index (χ2v) is 5.55. The molecule has 1 atom stereocenters. The van der Waals surface area contributed by atoms with E-state index in [2.05, 4.69) is 47.7 Å². The number of morpholine rings is 1. The van der Waals surface area contributed by atoms with Gasteiger partial charge >= 0.3 is 0 Å². The molecule has 1 saturated heterocycles. The quantitative estimate of drug-likeness (QED) is 0.799. The van der Waals surface area contributed by atoms with Crippen molar-refractivity contribution in [1.82, 2.24) is 10.4 Å². The molecule has 0 aliphatic carbocycles. The third-order valence-corrected chi connectivity index (χ3v) is 4.24. The second-order valence-electron chi connectivity index (χ2n) is 4.46. The van der Waals surface area contributed by atoms with E-state index in [1.54, 1.807) is 0 Å². The number of rotatable bonds is 6. The summed E-state index contributed by atoms with van der Waals surface area (Å²) in [6.45, 7) is 5.91. The van der Waals surface area contributed by atoms with Crippen molar-refractivity contribution in [2.75, 3.05) is 32.1 Å². The van der Waals surface area contributed by atoms with Crippen LogP contribution in [0, 0.1) is 0 Å². The van der Waals surface area contributed by atoms with Gasteiger partial charge in [0.2, 0.25) is 0 Å². The van der Waals surface area contributed by atoms with Gasteiger partial charge in [0, 0.05) is 29.8 Å². The summed E-state index contributed by atoms with van der Waals surface area (Å²) >= 11 is 1.92. The Kier molecular flexibility index (Phi) is 6.00. The normalized spacial score (nSPS) is 18.7. The minimum atomic E-state index is 0.535. The summed E-state index contributed by atoms with van der Waals surface area (Å²) in [6, 6.07) is 11.1. The van der Waals surface area contributed by atoms with Gasteiger partial charge in [0.15, 0.2) is 0 Å². The number of benzene rings is 1. The van der Waals surface area contributed by atoms with E-state index >= 15 is 0 Å². The molecule has 3 nitrogen and oxygen atoms in total. The highest BCUT2D eigenvalue weighted by Crippen LogP contribution is 2.18. The molecular formula is C14H22N2OS. The Hall–Kier alpha value is -0.550. The van der Waals surface area contributed by atoms with Crippen LogP contribution in [0.4, 0.5) is 0 Å². The monoisotopic (exact) mass is 266 g/mol. The van der Waals surface area contributed by atoms with Crippen LogP contribution in [0.1, 0.15) is 13.3 Å². The molecular weight excluding hydrogens is 244 g/mol. The lowest BCUT2D eigenvalue weighted by Crippen LogP contribution is -2.50. The molecule has 1 aromatic rings. The number of nitrogens with zero attached hydrogens (tertiary/aromatic N) is 1. The average Bonchev–Trinajstić information content (AvgIpc) is 2.45. The van der Waals surface area contributed by atoms with E-state index in [0.717, 1.165) is 38.5 Å². The van der Waals surface area contributed by atoms with Crippen LogP contribution in [-0.2, 0) is 4.74 Å². The van der Waals surface area contributed by atoms with Gasteiger partial charge in [0.1, 0.15) is 0 Å². The Morgan fingerprint density at radius 3 is 2.67 bits per heavy atom. The van der Waals surface area contributed by atoms with Gasteiger partial charge in [-0.25, -0.2) is 5.01 Å². The third-order valence-electron chi connectivity index (χ3n) is 3.06. The molecule has 0 radical (unpaired) electrons. The first-order valence-corrected chi connectivity index (χ1v) is 7.63. The first-order chi connectivity index (χ1) is 8.88. The Morgan fingerprint density at radius 2 is 2.00 bits per heavy atom. The number of hydrogen-bond acceptors (Lipinski definition) is 4. The lowest BCUT2D eigenvalue weighted by molar-refractivity contribution is 0.00518. The first-order valence-electron chi connectivity index (χ1n) is 6.65. The summed E-state index contributed by atoms with van der Waals surface area (Å²) in [5.74, 6) is 1.11. The Morgan fingerprint density at radius 1 is 1.28 bits per heavy atom. The van der Waals surface area contributed by atoms with Gasteiger partial charge < -0.3 is 4.74 Å². The van der Waals surface area contributed by atoms with Crippen molar-refractivity contribution in [1.29, 1.82) is 0 Å². The Balaban J connectivity index is 1.74. The van der Waals surface area contributed by atoms with Crippen LogP contribution in [0.25, 0.3) is 0 Å². The zero-order chi connectivity index (χ0) is 12.6. The summed E-state index contributed by atoms with van der Waals surface area (Å²) in [6.07, 6.45) is 1.15. The summed E-state index contributed by atoms with van der Waals surface area (Å²) in [4.78, 5) is 1.35. The maximum absolute atomic E-state index is 5.36. The molecule has 0 aromatic heterocycles. The molecule has 18 heavy (non-hydrogen) atoms. The maximum Gasteiger partial charge on any atom is 0.0608 e. The van der Waals surface area contributed by atoms with Crippen molar-refractivity contribution in [3.8, 4) is 0 Å². The highest BCUT2D eigenvalue weighted by Gasteiger charge is 2.14. The van der Waals surface area contributed by atoms with Crippen LogP contribution < -0.4 is 5.43 Å². The van der Waals surface area contributed by atoms with Crippen molar-refractivity contribution in [3.05, 3.63) is 30.3 Å². The summed E-state index contributed by atoms with van der Waals surface area (Å²) in [7, 11) is 0. The van der Waals surface area contributed by atoms with Crippen LogP contribution in [0.3, 0.4) is 0 Å². The molecule has 1 fully saturated rings. The fourth-order valence-corrected chi connectivity index (χ4v) is 2.96. The van der Waals surface area contributed by atoms with Crippen molar-refractivity contribution >= 4 is 11.8 Å². The minimum Gasteiger partial charge on any atom is -0.379 e. The van der Waals surface area contributed by atoms with E-state index in [-0.39, 0.29) is 0 Å². The fourth-order valence-electron chi connectivity index (χ4n) is 1.91. The maximum atomic E-state index is 5.36. The van der Waals surface area contributed by atoms with Crippen LogP contribution in [0.15, 0.2) is 35.2 Å². The van der Waals surface area contributed by atoms with Crippen LogP contribution in [-0.4, -0.2) is 43.1 Å². The Bertz CT molecular complexity index is 328. The fraction of sp³-hybridized carbons (Fsp3) is 0.571. The highest BCUT2D eigenvalue weighted by atomic mass is 32.2. The van der Waals surface area contributed by atoms with Gasteiger partial charge in [-0.1, -0.05) is 25.1 Å². The predicted molar refractivity (Wildman–Crippen MR) is 76.8 cm³/mol. The van der Waals surface area contributed by atoms with E-state index < -0.39 is 0 Å². The lowest BCUT2D eigenvalue weighted by Gasteiger charge is -2.31. The summed E-state index contributed by atoms with van der Waals surface area (Å²) in [5, 5.41) is 2.29. The van der Waals surface area contributed by atoms with E-state index in [1.165, 1.54) is 4.90 Å². The van der Waals surface area contributed by atoms with Gasteiger partial charge in [-0.2, -0.15) is 0 Å². The molecule has 0 saturated carbocycles. The molecule has 1 heterocycles. The van der Waals surface area contributed by atoms with Crippen LogP contribution in [0.2, 0.25) is 0 Å². The highest BCUT2D eigenvalue weighted by molar-refractivity contribution is 7.99. The minimum absolute atomic E-state index is 0.535. The van der Waals surface area contributed by atoms with Crippen LogP contribution >= 0.6 is 11.8 Å². The topological polar surface area (TPSA) is 24.5 Å². The molecule has 4 heteroatoms. The molecule has 1 aliphatic heterocycles. The van der Waals surface area contributed by atoms with Crippen molar-refractivity contribution in [2.45, 2.75) is 24.3 Å². The molecule has 2 rings (SSSR count). The average molecular weight is 266 g/mol. The molecule has 1 aromatic carbocycles. The number of ether oxygens (including phenoxy) is 1. The van der Waals surface area contributed by atoms with E-state index in [1.807, 2.05) is 11.8 Å². The first kappa shape index (κ1) is 13.9. The van der Waals surface area contributed by atoms with Crippen molar-refractivity contribution < 1.29 is 4.74 Å². The molecule has 100 valence electrons. The van der Waals surface area contributed by atoms with Gasteiger partial charge in [-0.3, -0.25) is 5.43 Å². The number of hydrazine groups is 1. The number of nitrogens with one attached hydrogen (secondary N) is 1. The third kappa shape index (κ3) is 4.61.